The zero-order valence-corrected chi connectivity index (χ0v) is 12.3. The van der Waals surface area contributed by atoms with Crippen LogP contribution in [-0.4, -0.2) is 42.9 Å². The molecular weight excluding hydrogens is 248 g/mol. The fourth-order valence-corrected chi connectivity index (χ4v) is 1.94. The lowest BCUT2D eigenvalue weighted by Crippen LogP contribution is -2.56. The van der Waals surface area contributed by atoms with Crippen LogP contribution < -0.4 is 10.6 Å². The first-order valence-corrected chi connectivity index (χ1v) is 6.54. The Labute approximate surface area is 114 Å². The summed E-state index contributed by atoms with van der Waals surface area (Å²) in [4.78, 5) is 22.7. The molecule has 0 radical (unpaired) electrons. The SMILES string of the molecule is COC(=O)C(C)NC1CC(NC(=O)OC(C)(C)C)C1. The second kappa shape index (κ2) is 6.23. The van der Waals surface area contributed by atoms with E-state index in [0.29, 0.717) is 0 Å². The summed E-state index contributed by atoms with van der Waals surface area (Å²) in [5.41, 5.74) is -0.481. The number of rotatable bonds is 4. The topological polar surface area (TPSA) is 76.7 Å². The lowest BCUT2D eigenvalue weighted by molar-refractivity contribution is -0.143. The molecule has 19 heavy (non-hydrogen) atoms. The normalized spacial score (nSPS) is 24.1. The number of alkyl carbamates (subject to hydrolysis) is 1. The molecule has 1 rings (SSSR count). The highest BCUT2D eigenvalue weighted by molar-refractivity contribution is 5.75. The zero-order chi connectivity index (χ0) is 14.6. The van der Waals surface area contributed by atoms with Crippen molar-refractivity contribution in [2.24, 2.45) is 0 Å². The van der Waals surface area contributed by atoms with Gasteiger partial charge in [0, 0.05) is 12.1 Å². The largest absolute Gasteiger partial charge is 0.468 e. The highest BCUT2D eigenvalue weighted by atomic mass is 16.6. The smallest absolute Gasteiger partial charge is 0.407 e. The second-order valence-corrected chi connectivity index (χ2v) is 5.92. The Hall–Kier alpha value is -1.30. The molecule has 0 heterocycles. The van der Waals surface area contributed by atoms with E-state index in [9.17, 15) is 9.59 Å². The number of methoxy groups -OCH3 is 1. The Morgan fingerprint density at radius 3 is 2.26 bits per heavy atom. The first-order chi connectivity index (χ1) is 8.71. The molecule has 1 aliphatic carbocycles. The van der Waals surface area contributed by atoms with Crippen LogP contribution in [-0.2, 0) is 14.3 Å². The van der Waals surface area contributed by atoms with Crippen LogP contribution >= 0.6 is 0 Å². The third-order valence-electron chi connectivity index (χ3n) is 2.90. The van der Waals surface area contributed by atoms with Crippen molar-refractivity contribution in [3.05, 3.63) is 0 Å². The molecule has 1 unspecified atom stereocenters. The third-order valence-corrected chi connectivity index (χ3v) is 2.90. The number of esters is 1. The van der Waals surface area contributed by atoms with E-state index >= 15 is 0 Å². The number of carbonyl (C=O) groups excluding carboxylic acids is 2. The number of hydrogen-bond acceptors (Lipinski definition) is 5. The summed E-state index contributed by atoms with van der Waals surface area (Å²) in [6.07, 6.45) is 1.19. The number of nitrogens with one attached hydrogen (secondary N) is 2. The molecule has 1 amide bonds. The van der Waals surface area contributed by atoms with Crippen molar-refractivity contribution in [1.29, 1.82) is 0 Å². The van der Waals surface area contributed by atoms with Crippen molar-refractivity contribution >= 4 is 12.1 Å². The van der Waals surface area contributed by atoms with Crippen LogP contribution in [0.1, 0.15) is 40.5 Å². The summed E-state index contributed by atoms with van der Waals surface area (Å²) < 4.78 is 9.81. The van der Waals surface area contributed by atoms with Crippen molar-refractivity contribution in [2.45, 2.75) is 64.3 Å². The van der Waals surface area contributed by atoms with Gasteiger partial charge in [0.15, 0.2) is 0 Å². The average molecular weight is 272 g/mol. The fraction of sp³-hybridized carbons (Fsp3) is 0.846. The van der Waals surface area contributed by atoms with Crippen molar-refractivity contribution in [2.75, 3.05) is 7.11 Å². The number of amides is 1. The predicted octanol–water partition coefficient (Wildman–Crippen LogP) is 1.19. The minimum absolute atomic E-state index is 0.109. The average Bonchev–Trinajstić information content (AvgIpc) is 2.22. The van der Waals surface area contributed by atoms with Gasteiger partial charge in [0.05, 0.1) is 7.11 Å². The van der Waals surface area contributed by atoms with Crippen molar-refractivity contribution in [1.82, 2.24) is 10.6 Å². The van der Waals surface area contributed by atoms with Crippen molar-refractivity contribution in [3.63, 3.8) is 0 Å². The van der Waals surface area contributed by atoms with Gasteiger partial charge in [-0.25, -0.2) is 4.79 Å². The highest BCUT2D eigenvalue weighted by Gasteiger charge is 2.33. The quantitative estimate of drug-likeness (QED) is 0.752. The summed E-state index contributed by atoms with van der Waals surface area (Å²) in [6.45, 7) is 7.25. The molecule has 1 fully saturated rings. The van der Waals surface area contributed by atoms with E-state index in [0.717, 1.165) is 12.8 Å². The van der Waals surface area contributed by atoms with Gasteiger partial charge in [0.25, 0.3) is 0 Å². The maximum atomic E-state index is 11.5. The van der Waals surface area contributed by atoms with Crippen LogP contribution in [0.3, 0.4) is 0 Å². The summed E-state index contributed by atoms with van der Waals surface area (Å²) >= 11 is 0. The first-order valence-electron chi connectivity index (χ1n) is 6.54. The van der Waals surface area contributed by atoms with Crippen LogP contribution in [0.15, 0.2) is 0 Å². The van der Waals surface area contributed by atoms with Crippen LogP contribution in [0, 0.1) is 0 Å². The maximum Gasteiger partial charge on any atom is 0.407 e. The van der Waals surface area contributed by atoms with Crippen molar-refractivity contribution in [3.8, 4) is 0 Å². The Bertz CT molecular complexity index is 332. The lowest BCUT2D eigenvalue weighted by Gasteiger charge is -2.37. The van der Waals surface area contributed by atoms with Gasteiger partial charge in [-0.05, 0) is 40.5 Å². The summed E-state index contributed by atoms with van der Waals surface area (Å²) in [5.74, 6) is -0.274. The summed E-state index contributed by atoms with van der Waals surface area (Å²) in [5, 5.41) is 5.95. The monoisotopic (exact) mass is 272 g/mol. The summed E-state index contributed by atoms with van der Waals surface area (Å²) in [6, 6.07) is 0.0173. The van der Waals surface area contributed by atoms with Crippen molar-refractivity contribution < 1.29 is 19.1 Å². The van der Waals surface area contributed by atoms with Gasteiger partial charge in [-0.3, -0.25) is 4.79 Å². The first kappa shape index (κ1) is 15.8. The van der Waals surface area contributed by atoms with Gasteiger partial charge in [0.2, 0.25) is 0 Å². The Balaban J connectivity index is 2.20. The van der Waals surface area contributed by atoms with E-state index in [-0.39, 0.29) is 24.1 Å². The van der Waals surface area contributed by atoms with E-state index in [1.807, 2.05) is 20.8 Å². The Morgan fingerprint density at radius 1 is 1.21 bits per heavy atom. The molecule has 0 saturated heterocycles. The van der Waals surface area contributed by atoms with Gasteiger partial charge in [0.1, 0.15) is 11.6 Å². The Morgan fingerprint density at radius 2 is 1.79 bits per heavy atom. The molecular formula is C13H24N2O4. The standard InChI is InChI=1S/C13H24N2O4/c1-8(11(16)18-5)14-9-6-10(7-9)15-12(17)19-13(2,3)4/h8-10,14H,6-7H2,1-5H3,(H,15,17). The minimum atomic E-state index is -0.481. The number of hydrogen-bond donors (Lipinski definition) is 2. The van der Waals surface area contributed by atoms with Crippen LogP contribution in [0.2, 0.25) is 0 Å². The molecule has 1 saturated carbocycles. The molecule has 0 spiro atoms. The molecule has 1 aliphatic rings. The molecule has 110 valence electrons. The molecule has 0 bridgehead atoms. The minimum Gasteiger partial charge on any atom is -0.468 e. The number of ether oxygens (including phenoxy) is 2. The van der Waals surface area contributed by atoms with E-state index < -0.39 is 11.7 Å². The molecule has 0 aromatic heterocycles. The highest BCUT2D eigenvalue weighted by Crippen LogP contribution is 2.21. The van der Waals surface area contributed by atoms with Gasteiger partial charge in [-0.2, -0.15) is 0 Å². The van der Waals surface area contributed by atoms with Gasteiger partial charge in [-0.1, -0.05) is 0 Å². The maximum absolute atomic E-state index is 11.5. The van der Waals surface area contributed by atoms with E-state index in [4.69, 9.17) is 4.74 Å². The lowest BCUT2D eigenvalue weighted by atomic mass is 9.86. The van der Waals surface area contributed by atoms with Crippen LogP contribution in [0.4, 0.5) is 4.79 Å². The van der Waals surface area contributed by atoms with E-state index in [2.05, 4.69) is 15.4 Å². The molecule has 0 aromatic carbocycles. The number of carbonyl (C=O) groups is 2. The molecule has 1 atom stereocenters. The predicted molar refractivity (Wildman–Crippen MR) is 70.8 cm³/mol. The summed E-state index contributed by atoms with van der Waals surface area (Å²) in [7, 11) is 1.37. The molecule has 0 aromatic rings. The van der Waals surface area contributed by atoms with Gasteiger partial charge in [-0.15, -0.1) is 0 Å². The fourth-order valence-electron chi connectivity index (χ4n) is 1.94. The van der Waals surface area contributed by atoms with Crippen LogP contribution in [0.5, 0.6) is 0 Å². The van der Waals surface area contributed by atoms with Gasteiger partial charge < -0.3 is 20.1 Å². The molecule has 6 nitrogen and oxygen atoms in total. The third kappa shape index (κ3) is 5.46. The van der Waals surface area contributed by atoms with E-state index in [1.165, 1.54) is 7.11 Å². The van der Waals surface area contributed by atoms with Crippen LogP contribution in [0.25, 0.3) is 0 Å². The molecule has 0 aliphatic heterocycles. The Kier molecular flexibility index (Phi) is 5.17. The zero-order valence-electron chi connectivity index (χ0n) is 12.3. The van der Waals surface area contributed by atoms with Gasteiger partial charge >= 0.3 is 12.1 Å². The molecule has 6 heteroatoms. The van der Waals surface area contributed by atoms with E-state index in [1.54, 1.807) is 6.92 Å². The molecule has 2 N–H and O–H groups in total. The second-order valence-electron chi connectivity index (χ2n) is 5.92.